The van der Waals surface area contributed by atoms with Gasteiger partial charge in [0.2, 0.25) is 0 Å². The molecule has 1 saturated carbocycles. The molecule has 1 aliphatic rings. The maximum Gasteiger partial charge on any atom is 0.308 e. The summed E-state index contributed by atoms with van der Waals surface area (Å²) in [5.74, 6) is -1.60. The second-order valence-corrected chi connectivity index (χ2v) is 4.62. The minimum Gasteiger partial charge on any atom is -0.481 e. The minimum absolute atomic E-state index is 0.330. The quantitative estimate of drug-likeness (QED) is 0.884. The van der Waals surface area contributed by atoms with Crippen molar-refractivity contribution in [2.24, 2.45) is 5.92 Å². The Labute approximate surface area is 102 Å². The fourth-order valence-electron chi connectivity index (χ4n) is 1.84. The van der Waals surface area contributed by atoms with Crippen LogP contribution in [0.25, 0.3) is 0 Å². The van der Waals surface area contributed by atoms with Crippen molar-refractivity contribution in [3.8, 4) is 6.07 Å². The van der Waals surface area contributed by atoms with Gasteiger partial charge in [-0.2, -0.15) is 5.26 Å². The number of carboxylic acid groups (broad SMARTS) is 1. The Bertz CT molecular complexity index is 509. The number of carboxylic acids is 1. The Morgan fingerprint density at radius 3 is 2.62 bits per heavy atom. The second-order valence-electron chi connectivity index (χ2n) is 3.81. The first-order valence-corrected chi connectivity index (χ1v) is 5.36. The van der Waals surface area contributed by atoms with Gasteiger partial charge in [-0.3, -0.25) is 4.79 Å². The standard InChI is InChI=1S/C11H7Cl2NO2/c12-8-2-1-6(3-9(8)13)11(5-14)4-7(11)10(15)16/h1-3,7H,4H2,(H,15,16). The summed E-state index contributed by atoms with van der Waals surface area (Å²) in [6.45, 7) is 0. The van der Waals surface area contributed by atoms with Crippen molar-refractivity contribution in [2.75, 3.05) is 0 Å². The van der Waals surface area contributed by atoms with Gasteiger partial charge in [0, 0.05) is 0 Å². The Hall–Kier alpha value is -1.24. The minimum atomic E-state index is -0.951. The first kappa shape index (κ1) is 11.3. The predicted octanol–water partition coefficient (Wildman–Crippen LogP) is 2.86. The third-order valence-electron chi connectivity index (χ3n) is 2.89. The van der Waals surface area contributed by atoms with Crippen molar-refractivity contribution < 1.29 is 9.90 Å². The first-order chi connectivity index (χ1) is 7.51. The molecule has 16 heavy (non-hydrogen) atoms. The molecule has 2 unspecified atom stereocenters. The van der Waals surface area contributed by atoms with Crippen molar-refractivity contribution in [3.63, 3.8) is 0 Å². The molecule has 82 valence electrons. The van der Waals surface area contributed by atoms with Gasteiger partial charge in [-0.1, -0.05) is 29.3 Å². The van der Waals surface area contributed by atoms with Crippen LogP contribution in [-0.4, -0.2) is 11.1 Å². The SMILES string of the molecule is N#CC1(c2ccc(Cl)c(Cl)c2)CC1C(=O)O. The highest BCUT2D eigenvalue weighted by atomic mass is 35.5. The van der Waals surface area contributed by atoms with Gasteiger partial charge < -0.3 is 5.11 Å². The van der Waals surface area contributed by atoms with Crippen LogP contribution in [-0.2, 0) is 10.2 Å². The van der Waals surface area contributed by atoms with E-state index in [1.165, 1.54) is 0 Å². The molecule has 1 aromatic rings. The van der Waals surface area contributed by atoms with Gasteiger partial charge >= 0.3 is 5.97 Å². The average Bonchev–Trinajstić information content (AvgIpc) is 2.98. The van der Waals surface area contributed by atoms with E-state index in [1.807, 2.05) is 0 Å². The molecule has 1 N–H and O–H groups in total. The zero-order valence-corrected chi connectivity index (χ0v) is 9.59. The molecule has 0 amide bonds. The van der Waals surface area contributed by atoms with Gasteiger partial charge in [0.05, 0.1) is 27.4 Å². The van der Waals surface area contributed by atoms with Crippen LogP contribution in [0.2, 0.25) is 10.0 Å². The van der Waals surface area contributed by atoms with Crippen molar-refractivity contribution in [1.29, 1.82) is 5.26 Å². The van der Waals surface area contributed by atoms with Crippen molar-refractivity contribution >= 4 is 29.2 Å². The zero-order chi connectivity index (χ0) is 11.9. The van der Waals surface area contributed by atoms with Crippen molar-refractivity contribution in [1.82, 2.24) is 0 Å². The summed E-state index contributed by atoms with van der Waals surface area (Å²) < 4.78 is 0. The summed E-state index contributed by atoms with van der Waals surface area (Å²) in [5, 5.41) is 18.7. The van der Waals surface area contributed by atoms with E-state index in [-0.39, 0.29) is 0 Å². The number of halogens is 2. The topological polar surface area (TPSA) is 61.1 Å². The van der Waals surface area contributed by atoms with Crippen LogP contribution >= 0.6 is 23.2 Å². The van der Waals surface area contributed by atoms with E-state index < -0.39 is 17.3 Å². The number of nitrogens with zero attached hydrogens (tertiary/aromatic N) is 1. The summed E-state index contributed by atoms with van der Waals surface area (Å²) in [6.07, 6.45) is 0.330. The van der Waals surface area contributed by atoms with E-state index in [2.05, 4.69) is 6.07 Å². The van der Waals surface area contributed by atoms with E-state index in [0.29, 0.717) is 22.0 Å². The van der Waals surface area contributed by atoms with Gasteiger partial charge in [-0.05, 0) is 24.1 Å². The van der Waals surface area contributed by atoms with Gasteiger partial charge in [0.25, 0.3) is 0 Å². The maximum atomic E-state index is 10.9. The summed E-state index contributed by atoms with van der Waals surface area (Å²) >= 11 is 11.6. The predicted molar refractivity (Wildman–Crippen MR) is 59.5 cm³/mol. The lowest BCUT2D eigenvalue weighted by Crippen LogP contribution is -2.12. The van der Waals surface area contributed by atoms with Crippen LogP contribution in [0.5, 0.6) is 0 Å². The molecule has 0 heterocycles. The summed E-state index contributed by atoms with van der Waals surface area (Å²) in [6, 6.07) is 6.86. The summed E-state index contributed by atoms with van der Waals surface area (Å²) in [4.78, 5) is 10.9. The maximum absolute atomic E-state index is 10.9. The van der Waals surface area contributed by atoms with Gasteiger partial charge in [0.1, 0.15) is 0 Å². The molecule has 0 bridgehead atoms. The van der Waals surface area contributed by atoms with E-state index in [9.17, 15) is 4.79 Å². The van der Waals surface area contributed by atoms with Crippen molar-refractivity contribution in [3.05, 3.63) is 33.8 Å². The highest BCUT2D eigenvalue weighted by Gasteiger charge is 2.60. The van der Waals surface area contributed by atoms with Gasteiger partial charge in [0.15, 0.2) is 0 Å². The van der Waals surface area contributed by atoms with Crippen LogP contribution in [0.15, 0.2) is 18.2 Å². The molecular weight excluding hydrogens is 249 g/mol. The molecule has 1 aromatic carbocycles. The van der Waals surface area contributed by atoms with Gasteiger partial charge in [-0.15, -0.1) is 0 Å². The Morgan fingerprint density at radius 2 is 2.19 bits per heavy atom. The van der Waals surface area contributed by atoms with Crippen LogP contribution in [0.1, 0.15) is 12.0 Å². The Morgan fingerprint density at radius 1 is 1.50 bits per heavy atom. The fraction of sp³-hybridized carbons (Fsp3) is 0.273. The first-order valence-electron chi connectivity index (χ1n) is 4.61. The Balaban J connectivity index is 2.42. The van der Waals surface area contributed by atoms with Crippen molar-refractivity contribution in [2.45, 2.75) is 11.8 Å². The number of hydrogen-bond donors (Lipinski definition) is 1. The van der Waals surface area contributed by atoms with Crippen LogP contribution in [0, 0.1) is 17.2 Å². The molecule has 3 nitrogen and oxygen atoms in total. The highest BCUT2D eigenvalue weighted by Crippen LogP contribution is 2.54. The molecule has 0 aliphatic heterocycles. The largest absolute Gasteiger partial charge is 0.481 e. The summed E-state index contributed by atoms with van der Waals surface area (Å²) in [5.41, 5.74) is -0.308. The Kier molecular flexibility index (Phi) is 2.57. The molecule has 0 spiro atoms. The number of carbonyl (C=O) groups is 1. The highest BCUT2D eigenvalue weighted by molar-refractivity contribution is 6.42. The number of benzene rings is 1. The molecule has 2 rings (SSSR count). The average molecular weight is 256 g/mol. The number of aliphatic carboxylic acids is 1. The third kappa shape index (κ3) is 1.55. The molecule has 1 fully saturated rings. The normalized spacial score (nSPS) is 27.2. The number of rotatable bonds is 2. The van der Waals surface area contributed by atoms with Crippen LogP contribution in [0.4, 0.5) is 0 Å². The third-order valence-corrected chi connectivity index (χ3v) is 3.63. The molecule has 2 atom stereocenters. The molecule has 5 heteroatoms. The molecular formula is C11H7Cl2NO2. The lowest BCUT2D eigenvalue weighted by Gasteiger charge is -2.08. The van der Waals surface area contributed by atoms with Gasteiger partial charge in [-0.25, -0.2) is 0 Å². The van der Waals surface area contributed by atoms with E-state index in [4.69, 9.17) is 33.6 Å². The molecule has 0 radical (unpaired) electrons. The fourth-order valence-corrected chi connectivity index (χ4v) is 2.14. The van der Waals surface area contributed by atoms with E-state index in [1.54, 1.807) is 18.2 Å². The van der Waals surface area contributed by atoms with E-state index >= 15 is 0 Å². The van der Waals surface area contributed by atoms with E-state index in [0.717, 1.165) is 0 Å². The monoisotopic (exact) mass is 255 g/mol. The second kappa shape index (κ2) is 3.65. The zero-order valence-electron chi connectivity index (χ0n) is 8.08. The molecule has 0 saturated heterocycles. The lowest BCUT2D eigenvalue weighted by molar-refractivity contribution is -0.138. The molecule has 0 aromatic heterocycles. The number of nitriles is 1. The molecule has 1 aliphatic carbocycles. The summed E-state index contributed by atoms with van der Waals surface area (Å²) in [7, 11) is 0. The smallest absolute Gasteiger partial charge is 0.308 e. The van der Waals surface area contributed by atoms with Crippen LogP contribution in [0.3, 0.4) is 0 Å². The number of hydrogen-bond acceptors (Lipinski definition) is 2. The van der Waals surface area contributed by atoms with Crippen LogP contribution < -0.4 is 0 Å². The lowest BCUT2D eigenvalue weighted by atomic mass is 9.95.